The van der Waals surface area contributed by atoms with Crippen molar-refractivity contribution in [3.05, 3.63) is 76.3 Å². The first kappa shape index (κ1) is 31.0. The molecule has 1 saturated heterocycles. The number of hydrogen-bond donors (Lipinski definition) is 1. The van der Waals surface area contributed by atoms with Crippen molar-refractivity contribution in [2.24, 2.45) is 5.92 Å². The third-order valence-electron chi connectivity index (χ3n) is 7.36. The molecular formula is C32H38ClN3O4S. The molecule has 9 heteroatoms. The van der Waals surface area contributed by atoms with Gasteiger partial charge in [-0.15, -0.1) is 11.3 Å². The largest absolute Gasteiger partial charge is 0.379 e. The highest BCUT2D eigenvalue weighted by Crippen LogP contribution is 2.28. The van der Waals surface area contributed by atoms with Gasteiger partial charge in [0.2, 0.25) is 5.91 Å². The van der Waals surface area contributed by atoms with Crippen LogP contribution in [0, 0.1) is 5.92 Å². The first-order valence-electron chi connectivity index (χ1n) is 14.2. The predicted molar refractivity (Wildman–Crippen MR) is 164 cm³/mol. The number of thiazole rings is 1. The molecule has 1 amide bonds. The highest BCUT2D eigenvalue weighted by Gasteiger charge is 2.26. The van der Waals surface area contributed by atoms with E-state index in [0.717, 1.165) is 33.9 Å². The SMILES string of the molecule is C=C(CN1CCOCC1)C(=O)CC[C@H](Cc1ccccc1)NC(=O)[C@@H](CC(=O)CC)Cc1nc2ccc(Cl)cc2s1. The van der Waals surface area contributed by atoms with Gasteiger partial charge in [0.25, 0.3) is 0 Å². The Hall–Kier alpha value is -2.91. The Morgan fingerprint density at radius 1 is 1.12 bits per heavy atom. The monoisotopic (exact) mass is 595 g/mol. The van der Waals surface area contributed by atoms with Gasteiger partial charge in [0.15, 0.2) is 5.78 Å². The van der Waals surface area contributed by atoms with E-state index in [9.17, 15) is 14.4 Å². The fourth-order valence-corrected chi connectivity index (χ4v) is 6.29. The standard InChI is InChI=1S/C32H38ClN3O4S/c1-3-27(37)18-24(19-31-35-28-11-9-25(33)20-30(28)41-31)32(39)34-26(17-23-7-5-4-6-8-23)10-12-29(38)22(2)21-36-13-15-40-16-14-36/h4-9,11,20,24,26H,2-3,10,12-19,21H2,1H3,(H,34,39)/t24-,26+/m0/s1. The topological polar surface area (TPSA) is 88.6 Å². The summed E-state index contributed by atoms with van der Waals surface area (Å²) in [5, 5.41) is 4.62. The average Bonchev–Trinajstić information content (AvgIpc) is 3.37. The second-order valence-electron chi connectivity index (χ2n) is 10.6. The molecule has 1 fully saturated rings. The van der Waals surface area contributed by atoms with E-state index in [-0.39, 0.29) is 36.4 Å². The molecule has 0 aliphatic carbocycles. The minimum absolute atomic E-state index is 0.00893. The number of ketones is 2. The Bertz CT molecular complexity index is 1350. The van der Waals surface area contributed by atoms with Crippen molar-refractivity contribution in [3.63, 3.8) is 0 Å². The Morgan fingerprint density at radius 2 is 1.88 bits per heavy atom. The van der Waals surface area contributed by atoms with Crippen LogP contribution in [0.3, 0.4) is 0 Å². The number of fused-ring (bicyclic) bond motifs is 1. The lowest BCUT2D eigenvalue weighted by Gasteiger charge is -2.27. The summed E-state index contributed by atoms with van der Waals surface area (Å²) in [6, 6.07) is 15.2. The van der Waals surface area contributed by atoms with Crippen molar-refractivity contribution in [2.45, 2.75) is 51.5 Å². The fourth-order valence-electron chi connectivity index (χ4n) is 4.96. The molecule has 0 spiro atoms. The number of nitrogens with one attached hydrogen (secondary N) is 1. The smallest absolute Gasteiger partial charge is 0.224 e. The molecule has 7 nitrogen and oxygen atoms in total. The number of rotatable bonds is 15. The van der Waals surface area contributed by atoms with Crippen LogP contribution < -0.4 is 5.32 Å². The maximum atomic E-state index is 13.7. The summed E-state index contributed by atoms with van der Waals surface area (Å²) < 4.78 is 6.35. The van der Waals surface area contributed by atoms with Crippen LogP contribution in [0.1, 0.15) is 43.2 Å². The molecule has 2 atom stereocenters. The number of Topliss-reactive ketones (excluding diaryl/α,β-unsaturated/α-hetero) is 2. The lowest BCUT2D eigenvalue weighted by molar-refractivity contribution is -0.130. The first-order chi connectivity index (χ1) is 19.8. The van der Waals surface area contributed by atoms with Crippen molar-refractivity contribution in [1.29, 1.82) is 0 Å². The lowest BCUT2D eigenvalue weighted by Crippen LogP contribution is -2.42. The van der Waals surface area contributed by atoms with Gasteiger partial charge in [-0.25, -0.2) is 4.98 Å². The van der Waals surface area contributed by atoms with Gasteiger partial charge >= 0.3 is 0 Å². The fraction of sp³-hybridized carbons (Fsp3) is 0.438. The van der Waals surface area contributed by atoms with Crippen molar-refractivity contribution >= 4 is 50.6 Å². The van der Waals surface area contributed by atoms with Crippen LogP contribution in [0.4, 0.5) is 0 Å². The number of morpholine rings is 1. The minimum Gasteiger partial charge on any atom is -0.379 e. The molecule has 2 aromatic carbocycles. The van der Waals surface area contributed by atoms with Crippen LogP contribution in [-0.2, 0) is 32.0 Å². The molecule has 3 aromatic rings. The molecule has 0 radical (unpaired) electrons. The quantitative estimate of drug-likeness (QED) is 0.235. The van der Waals surface area contributed by atoms with Crippen molar-refractivity contribution < 1.29 is 19.1 Å². The molecule has 0 unspecified atom stereocenters. The van der Waals surface area contributed by atoms with Crippen LogP contribution in [0.25, 0.3) is 10.2 Å². The van der Waals surface area contributed by atoms with E-state index in [1.807, 2.05) is 49.4 Å². The molecule has 0 saturated carbocycles. The van der Waals surface area contributed by atoms with Crippen LogP contribution in [0.5, 0.6) is 0 Å². The third kappa shape index (κ3) is 9.57. The zero-order chi connectivity index (χ0) is 29.2. The van der Waals surface area contributed by atoms with E-state index >= 15 is 0 Å². The Labute approximate surface area is 250 Å². The summed E-state index contributed by atoms with van der Waals surface area (Å²) in [4.78, 5) is 46.0. The van der Waals surface area contributed by atoms with Crippen molar-refractivity contribution in [1.82, 2.24) is 15.2 Å². The summed E-state index contributed by atoms with van der Waals surface area (Å²) in [7, 11) is 0. The Balaban J connectivity index is 1.44. The van der Waals surface area contributed by atoms with Crippen molar-refractivity contribution in [2.75, 3.05) is 32.8 Å². The Kier molecular flexibility index (Phi) is 11.6. The van der Waals surface area contributed by atoms with E-state index < -0.39 is 5.92 Å². The van der Waals surface area contributed by atoms with Crippen molar-refractivity contribution in [3.8, 4) is 0 Å². The normalized spacial score (nSPS) is 15.4. The van der Waals surface area contributed by atoms with Crippen LogP contribution >= 0.6 is 22.9 Å². The molecule has 1 aromatic heterocycles. The van der Waals surface area contributed by atoms with Gasteiger partial charge in [0.1, 0.15) is 5.78 Å². The second-order valence-corrected chi connectivity index (χ2v) is 12.1. The van der Waals surface area contributed by atoms with Gasteiger partial charge in [-0.1, -0.05) is 55.4 Å². The van der Waals surface area contributed by atoms with E-state index in [1.54, 1.807) is 6.07 Å². The third-order valence-corrected chi connectivity index (χ3v) is 8.63. The first-order valence-corrected chi connectivity index (χ1v) is 15.4. The van der Waals surface area contributed by atoms with E-state index in [4.69, 9.17) is 16.3 Å². The summed E-state index contributed by atoms with van der Waals surface area (Å²) in [6.45, 7) is 9.30. The number of benzene rings is 2. The number of amides is 1. The molecule has 0 bridgehead atoms. The van der Waals surface area contributed by atoms with Gasteiger partial charge in [0, 0.05) is 62.0 Å². The maximum Gasteiger partial charge on any atom is 0.224 e. The van der Waals surface area contributed by atoms with Gasteiger partial charge in [-0.3, -0.25) is 19.3 Å². The molecule has 1 aliphatic heterocycles. The van der Waals surface area contributed by atoms with E-state index in [2.05, 4.69) is 21.8 Å². The summed E-state index contributed by atoms with van der Waals surface area (Å²) in [5.74, 6) is -0.702. The molecule has 1 aliphatic rings. The number of hydrogen-bond acceptors (Lipinski definition) is 7. The van der Waals surface area contributed by atoms with Gasteiger partial charge in [-0.05, 0) is 36.6 Å². The minimum atomic E-state index is -0.552. The maximum absolute atomic E-state index is 13.7. The highest BCUT2D eigenvalue weighted by molar-refractivity contribution is 7.18. The van der Waals surface area contributed by atoms with E-state index in [1.165, 1.54) is 11.3 Å². The van der Waals surface area contributed by atoms with Gasteiger partial charge in [0.05, 0.1) is 34.4 Å². The predicted octanol–water partition coefficient (Wildman–Crippen LogP) is 5.44. The van der Waals surface area contributed by atoms with Crippen LogP contribution in [0.2, 0.25) is 5.02 Å². The van der Waals surface area contributed by atoms with E-state index in [0.29, 0.717) is 56.0 Å². The highest BCUT2D eigenvalue weighted by atomic mass is 35.5. The molecule has 1 N–H and O–H groups in total. The lowest BCUT2D eigenvalue weighted by atomic mass is 9.94. The molecule has 218 valence electrons. The second kappa shape index (κ2) is 15.4. The number of halogens is 1. The average molecular weight is 596 g/mol. The molecule has 2 heterocycles. The number of carbonyl (C=O) groups is 3. The summed E-state index contributed by atoms with van der Waals surface area (Å²) >= 11 is 7.64. The zero-order valence-corrected chi connectivity index (χ0v) is 25.1. The van der Waals surface area contributed by atoms with Gasteiger partial charge in [-0.2, -0.15) is 0 Å². The van der Waals surface area contributed by atoms with Crippen LogP contribution in [-0.4, -0.2) is 66.2 Å². The zero-order valence-electron chi connectivity index (χ0n) is 23.6. The Morgan fingerprint density at radius 3 is 2.61 bits per heavy atom. The number of nitrogens with zero attached hydrogens (tertiary/aromatic N) is 2. The number of ether oxygens (including phenoxy) is 1. The molecular weight excluding hydrogens is 558 g/mol. The molecule has 41 heavy (non-hydrogen) atoms. The summed E-state index contributed by atoms with van der Waals surface area (Å²) in [6.07, 6.45) is 2.23. The number of aromatic nitrogens is 1. The molecule has 4 rings (SSSR count). The number of carbonyl (C=O) groups excluding carboxylic acids is 3. The van der Waals surface area contributed by atoms with Crippen LogP contribution in [0.15, 0.2) is 60.7 Å². The summed E-state index contributed by atoms with van der Waals surface area (Å²) in [5.41, 5.74) is 2.48. The van der Waals surface area contributed by atoms with Gasteiger partial charge < -0.3 is 10.1 Å².